The second-order valence-electron chi connectivity index (χ2n) is 11.3. The molecule has 3 heterocycles. The Kier molecular flexibility index (Phi) is 12.6. The van der Waals surface area contributed by atoms with Crippen molar-refractivity contribution in [2.75, 3.05) is 37.0 Å². The Hall–Kier alpha value is -3.82. The molecule has 2 aliphatic rings. The summed E-state index contributed by atoms with van der Waals surface area (Å²) in [6.07, 6.45) is -5.44. The molecule has 0 radical (unpaired) electrons. The van der Waals surface area contributed by atoms with Crippen LogP contribution in [-0.2, 0) is 17.5 Å². The number of aromatic nitrogens is 2. The Morgan fingerprint density at radius 1 is 0.958 bits per heavy atom. The average molecular weight is 725 g/mol. The van der Waals surface area contributed by atoms with Crippen molar-refractivity contribution in [2.45, 2.75) is 50.6 Å². The van der Waals surface area contributed by atoms with Crippen LogP contribution < -0.4 is 15.0 Å². The number of likely N-dealkylation sites (tertiary alicyclic amines) is 1. The Balaban J connectivity index is 0.00000312. The van der Waals surface area contributed by atoms with Crippen LogP contribution in [0.25, 0.3) is 11.1 Å². The van der Waals surface area contributed by atoms with Crippen LogP contribution >= 0.6 is 24.8 Å². The molecule has 0 spiro atoms. The largest absolute Gasteiger partial charge is 0.496 e. The number of piperidine rings is 1. The molecule has 2 aliphatic heterocycles. The van der Waals surface area contributed by atoms with Crippen LogP contribution in [0.3, 0.4) is 0 Å². The summed E-state index contributed by atoms with van der Waals surface area (Å²) in [7, 11) is 1.11. The van der Waals surface area contributed by atoms with E-state index in [-0.39, 0.29) is 66.8 Å². The van der Waals surface area contributed by atoms with Crippen molar-refractivity contribution >= 4 is 48.2 Å². The van der Waals surface area contributed by atoms with Gasteiger partial charge in [-0.15, -0.1) is 24.8 Å². The summed E-state index contributed by atoms with van der Waals surface area (Å²) >= 11 is 0. The van der Waals surface area contributed by atoms with Crippen LogP contribution in [0, 0.1) is 5.92 Å². The molecule has 2 saturated heterocycles. The number of carbonyl (C=O) groups is 2. The number of carbonyl (C=O) groups excluding carboxylic acids is 1. The molecule has 2 fully saturated rings. The van der Waals surface area contributed by atoms with Crippen molar-refractivity contribution < 1.29 is 45.8 Å². The van der Waals surface area contributed by atoms with E-state index in [1.165, 1.54) is 41.6 Å². The van der Waals surface area contributed by atoms with E-state index in [0.29, 0.717) is 43.7 Å². The molecule has 262 valence electrons. The first-order chi connectivity index (χ1) is 21.7. The smallest absolute Gasteiger partial charge is 0.419 e. The molecule has 2 aromatic carbocycles. The van der Waals surface area contributed by atoms with Gasteiger partial charge in [-0.25, -0.2) is 9.97 Å². The maximum atomic E-state index is 13.8. The number of methoxy groups -OCH3 is 1. The van der Waals surface area contributed by atoms with E-state index in [1.54, 1.807) is 0 Å². The van der Waals surface area contributed by atoms with E-state index in [2.05, 4.69) is 15.3 Å². The standard InChI is InChI=1S/C31H31F6N5O4.2ClH/c1-46-25-7-4-19(14-23(25)30(32,33)34)22-6-5-21(13-20(22)17-42-10-2-3-26(42)31(35,36)37)40-28(43)24-15-39-27(16-38-24)41-11-8-18(9-12-41)29(44)45;;/h4-7,13-16,18,26H,2-3,8-12,17H2,1H3,(H,40,43)(H,44,45);2*1H/t26-;;/m0../s1. The molecule has 3 aromatic rings. The van der Waals surface area contributed by atoms with Gasteiger partial charge in [-0.05, 0) is 73.2 Å². The van der Waals surface area contributed by atoms with E-state index >= 15 is 0 Å². The molecule has 17 heteroatoms. The van der Waals surface area contributed by atoms with Crippen LogP contribution in [0.5, 0.6) is 5.75 Å². The van der Waals surface area contributed by atoms with Crippen LogP contribution in [0.2, 0.25) is 0 Å². The van der Waals surface area contributed by atoms with Crippen molar-refractivity contribution in [3.8, 4) is 16.9 Å². The highest BCUT2D eigenvalue weighted by molar-refractivity contribution is 6.03. The number of amides is 1. The van der Waals surface area contributed by atoms with Crippen molar-refractivity contribution in [3.63, 3.8) is 0 Å². The quantitative estimate of drug-likeness (QED) is 0.237. The van der Waals surface area contributed by atoms with Gasteiger partial charge in [-0.2, -0.15) is 26.3 Å². The first-order valence-corrected chi connectivity index (χ1v) is 14.5. The molecule has 1 aromatic heterocycles. The van der Waals surface area contributed by atoms with Gasteiger partial charge in [0.2, 0.25) is 0 Å². The molecular weight excluding hydrogens is 691 g/mol. The summed E-state index contributed by atoms with van der Waals surface area (Å²) in [5.74, 6) is -1.83. The van der Waals surface area contributed by atoms with Gasteiger partial charge in [-0.3, -0.25) is 14.5 Å². The second kappa shape index (κ2) is 15.6. The molecular formula is C31H33Cl2F6N5O4. The zero-order chi connectivity index (χ0) is 33.2. The van der Waals surface area contributed by atoms with Crippen LogP contribution in [0.15, 0.2) is 48.8 Å². The number of nitrogens with zero attached hydrogens (tertiary/aromatic N) is 4. The molecule has 0 bridgehead atoms. The first-order valence-electron chi connectivity index (χ1n) is 14.5. The maximum Gasteiger partial charge on any atom is 0.419 e. The molecule has 1 atom stereocenters. The Labute approximate surface area is 284 Å². The molecule has 0 unspecified atom stereocenters. The van der Waals surface area contributed by atoms with Crippen molar-refractivity contribution in [2.24, 2.45) is 5.92 Å². The van der Waals surface area contributed by atoms with Crippen molar-refractivity contribution in [1.82, 2.24) is 14.9 Å². The highest BCUT2D eigenvalue weighted by Gasteiger charge is 2.46. The fourth-order valence-electron chi connectivity index (χ4n) is 5.94. The topological polar surface area (TPSA) is 108 Å². The van der Waals surface area contributed by atoms with Gasteiger partial charge < -0.3 is 20.1 Å². The molecule has 1 amide bonds. The molecule has 0 saturated carbocycles. The lowest BCUT2D eigenvalue weighted by molar-refractivity contribution is -0.177. The Bertz CT molecular complexity index is 1590. The number of benzene rings is 2. The zero-order valence-corrected chi connectivity index (χ0v) is 27.1. The van der Waals surface area contributed by atoms with Gasteiger partial charge in [0.25, 0.3) is 5.91 Å². The highest BCUT2D eigenvalue weighted by atomic mass is 35.5. The average Bonchev–Trinajstić information content (AvgIpc) is 3.50. The number of carboxylic acid groups (broad SMARTS) is 1. The fraction of sp³-hybridized carbons (Fsp3) is 0.419. The minimum absolute atomic E-state index is 0. The van der Waals surface area contributed by atoms with Gasteiger partial charge in [0.05, 0.1) is 31.0 Å². The molecule has 9 nitrogen and oxygen atoms in total. The molecule has 5 rings (SSSR count). The fourth-order valence-corrected chi connectivity index (χ4v) is 5.94. The molecule has 0 aliphatic carbocycles. The van der Waals surface area contributed by atoms with E-state index in [0.717, 1.165) is 19.2 Å². The summed E-state index contributed by atoms with van der Waals surface area (Å²) in [4.78, 5) is 35.8. The third-order valence-electron chi connectivity index (χ3n) is 8.33. The number of aliphatic carboxylic acids is 1. The van der Waals surface area contributed by atoms with E-state index in [9.17, 15) is 41.0 Å². The first kappa shape index (κ1) is 38.6. The Morgan fingerprint density at radius 3 is 2.25 bits per heavy atom. The van der Waals surface area contributed by atoms with Gasteiger partial charge in [-0.1, -0.05) is 12.1 Å². The summed E-state index contributed by atoms with van der Waals surface area (Å²) < 4.78 is 87.5. The van der Waals surface area contributed by atoms with Crippen LogP contribution in [-0.4, -0.2) is 70.8 Å². The maximum absolute atomic E-state index is 13.8. The second-order valence-corrected chi connectivity index (χ2v) is 11.3. The summed E-state index contributed by atoms with van der Waals surface area (Å²) in [6, 6.07) is 6.10. The van der Waals surface area contributed by atoms with Gasteiger partial charge >= 0.3 is 18.3 Å². The normalized spacial score (nSPS) is 17.3. The Morgan fingerprint density at radius 2 is 1.67 bits per heavy atom. The highest BCUT2D eigenvalue weighted by Crippen LogP contribution is 2.41. The number of rotatable bonds is 8. The third kappa shape index (κ3) is 8.80. The monoisotopic (exact) mass is 723 g/mol. The van der Waals surface area contributed by atoms with E-state index < -0.39 is 47.5 Å². The molecule has 2 N–H and O–H groups in total. The van der Waals surface area contributed by atoms with Crippen molar-refractivity contribution in [3.05, 3.63) is 65.6 Å². The minimum atomic E-state index is -4.74. The lowest BCUT2D eigenvalue weighted by Crippen LogP contribution is -2.40. The van der Waals surface area contributed by atoms with Crippen molar-refractivity contribution in [1.29, 1.82) is 0 Å². The summed E-state index contributed by atoms with van der Waals surface area (Å²) in [5.41, 5.74) is -0.182. The number of halogens is 8. The predicted molar refractivity (Wildman–Crippen MR) is 170 cm³/mol. The number of nitrogens with one attached hydrogen (secondary N) is 1. The number of hydrogen-bond donors (Lipinski definition) is 2. The third-order valence-corrected chi connectivity index (χ3v) is 8.33. The molecule has 48 heavy (non-hydrogen) atoms. The lowest BCUT2D eigenvalue weighted by Gasteiger charge is -2.30. The van der Waals surface area contributed by atoms with E-state index in [1.807, 2.05) is 4.90 Å². The van der Waals surface area contributed by atoms with Gasteiger partial charge in [0.1, 0.15) is 23.3 Å². The van der Waals surface area contributed by atoms with Gasteiger partial charge in [0, 0.05) is 25.3 Å². The summed E-state index contributed by atoms with van der Waals surface area (Å²) in [6.45, 7) is 0.866. The lowest BCUT2D eigenvalue weighted by atomic mass is 9.96. The number of anilines is 2. The summed E-state index contributed by atoms with van der Waals surface area (Å²) in [5, 5.41) is 11.8. The predicted octanol–water partition coefficient (Wildman–Crippen LogP) is 7.09. The van der Waals surface area contributed by atoms with Crippen LogP contribution in [0.4, 0.5) is 37.8 Å². The minimum Gasteiger partial charge on any atom is -0.496 e. The van der Waals surface area contributed by atoms with Crippen LogP contribution in [0.1, 0.15) is 47.3 Å². The van der Waals surface area contributed by atoms with Gasteiger partial charge in [0.15, 0.2) is 0 Å². The number of alkyl halides is 6. The number of ether oxygens (including phenoxy) is 1. The van der Waals surface area contributed by atoms with E-state index in [4.69, 9.17) is 4.74 Å². The number of carboxylic acids is 1. The number of hydrogen-bond acceptors (Lipinski definition) is 7. The SMILES string of the molecule is COc1ccc(-c2ccc(NC(=O)c3cnc(N4CCC(C(=O)O)CC4)cn3)cc2CN2CCC[C@H]2C(F)(F)F)cc1C(F)(F)F.Cl.Cl. The zero-order valence-electron chi connectivity index (χ0n) is 25.5.